The molecule has 7 nitrogen and oxygen atoms in total. The summed E-state index contributed by atoms with van der Waals surface area (Å²) in [6.07, 6.45) is 9.55. The second kappa shape index (κ2) is 11.4. The Balaban J connectivity index is 1.56. The van der Waals surface area contributed by atoms with Gasteiger partial charge in [-0.2, -0.15) is 0 Å². The van der Waals surface area contributed by atoms with E-state index in [1.54, 1.807) is 18.3 Å². The standard InChI is InChI=1S/C25H35N5O2/c1-3-4-7-19(26)17-30(27)21-13-11-20(12-14-21)28-25(31)29-24-16-23(15-10-18(24)2)32-22-8-5-6-9-22/h10-17,22H,3-9,26-27H2,1-2H3,(H2,28,29,31)/b19-17-. The SMILES string of the molecule is CCCC/C(N)=C/N(N)c1ccc(NC(=O)Nc2cc(OC3CCCC3)ccc2C)cc1. The Kier molecular flexibility index (Phi) is 8.39. The third kappa shape index (κ3) is 6.92. The summed E-state index contributed by atoms with van der Waals surface area (Å²) in [4.78, 5) is 12.5. The first-order valence-electron chi connectivity index (χ1n) is 11.4. The van der Waals surface area contributed by atoms with Crippen molar-refractivity contribution in [1.29, 1.82) is 0 Å². The number of rotatable bonds is 9. The normalized spacial score (nSPS) is 14.3. The zero-order valence-electron chi connectivity index (χ0n) is 19.1. The summed E-state index contributed by atoms with van der Waals surface area (Å²) in [6.45, 7) is 4.08. The molecule has 1 saturated carbocycles. The second-order valence-electron chi connectivity index (χ2n) is 8.34. The number of unbranched alkanes of at least 4 members (excludes halogenated alkanes) is 1. The molecule has 2 aromatic carbocycles. The number of amides is 2. The van der Waals surface area contributed by atoms with Crippen LogP contribution >= 0.6 is 0 Å². The monoisotopic (exact) mass is 437 g/mol. The van der Waals surface area contributed by atoms with Gasteiger partial charge in [0.1, 0.15) is 5.75 Å². The van der Waals surface area contributed by atoms with Crippen molar-refractivity contribution in [1.82, 2.24) is 0 Å². The number of nitrogens with two attached hydrogens (primary N) is 2. The molecule has 0 bridgehead atoms. The average molecular weight is 438 g/mol. The van der Waals surface area contributed by atoms with Gasteiger partial charge >= 0.3 is 6.03 Å². The number of aryl methyl sites for hydroxylation is 1. The molecule has 1 aliphatic rings. The highest BCUT2D eigenvalue weighted by molar-refractivity contribution is 6.00. The number of nitrogens with one attached hydrogen (secondary N) is 2. The number of allylic oxidation sites excluding steroid dienone is 1. The Morgan fingerprint density at radius 1 is 1.16 bits per heavy atom. The van der Waals surface area contributed by atoms with Crippen molar-refractivity contribution in [3.63, 3.8) is 0 Å². The van der Waals surface area contributed by atoms with Gasteiger partial charge in [-0.05, 0) is 81.3 Å². The van der Waals surface area contributed by atoms with Crippen molar-refractivity contribution < 1.29 is 9.53 Å². The zero-order valence-corrected chi connectivity index (χ0v) is 19.1. The van der Waals surface area contributed by atoms with E-state index in [0.29, 0.717) is 5.69 Å². The number of hydrogen-bond donors (Lipinski definition) is 4. The van der Waals surface area contributed by atoms with Gasteiger partial charge < -0.3 is 21.1 Å². The Morgan fingerprint density at radius 2 is 1.88 bits per heavy atom. The summed E-state index contributed by atoms with van der Waals surface area (Å²) in [6, 6.07) is 12.8. The van der Waals surface area contributed by atoms with E-state index >= 15 is 0 Å². The summed E-state index contributed by atoms with van der Waals surface area (Å²) in [5, 5.41) is 7.26. The van der Waals surface area contributed by atoms with Gasteiger partial charge in [0.15, 0.2) is 0 Å². The molecule has 7 heteroatoms. The van der Waals surface area contributed by atoms with Crippen LogP contribution < -0.4 is 32.0 Å². The molecule has 0 atom stereocenters. The van der Waals surface area contributed by atoms with Crippen LogP contribution in [0.1, 0.15) is 57.4 Å². The van der Waals surface area contributed by atoms with Crippen molar-refractivity contribution >= 4 is 23.1 Å². The number of urea groups is 1. The lowest BCUT2D eigenvalue weighted by atomic mass is 10.2. The lowest BCUT2D eigenvalue weighted by Crippen LogP contribution is -2.26. The van der Waals surface area contributed by atoms with Gasteiger partial charge in [-0.25, -0.2) is 10.6 Å². The quantitative estimate of drug-likeness (QED) is 0.300. The minimum absolute atomic E-state index is 0.275. The number of hydrazine groups is 1. The summed E-state index contributed by atoms with van der Waals surface area (Å²) < 4.78 is 6.05. The summed E-state index contributed by atoms with van der Waals surface area (Å²) >= 11 is 0. The Bertz CT molecular complexity index is 920. The number of carbonyl (C=O) groups excluding carboxylic acids is 1. The second-order valence-corrected chi connectivity index (χ2v) is 8.34. The molecule has 0 heterocycles. The summed E-state index contributed by atoms with van der Waals surface area (Å²) in [5.74, 6) is 6.86. The Hall–Kier alpha value is -3.19. The van der Waals surface area contributed by atoms with Crippen molar-refractivity contribution in [3.05, 3.63) is 59.9 Å². The van der Waals surface area contributed by atoms with Crippen LogP contribution in [-0.4, -0.2) is 12.1 Å². The molecular weight excluding hydrogens is 402 g/mol. The molecule has 3 rings (SSSR count). The van der Waals surface area contributed by atoms with E-state index in [2.05, 4.69) is 17.6 Å². The molecule has 32 heavy (non-hydrogen) atoms. The first-order valence-corrected chi connectivity index (χ1v) is 11.4. The first-order chi connectivity index (χ1) is 15.4. The van der Waals surface area contributed by atoms with Gasteiger partial charge in [0.2, 0.25) is 0 Å². The Morgan fingerprint density at radius 3 is 2.56 bits per heavy atom. The minimum Gasteiger partial charge on any atom is -0.490 e. The van der Waals surface area contributed by atoms with E-state index < -0.39 is 0 Å². The van der Waals surface area contributed by atoms with Crippen LogP contribution in [0.2, 0.25) is 0 Å². The fourth-order valence-electron chi connectivity index (χ4n) is 3.71. The summed E-state index contributed by atoms with van der Waals surface area (Å²) in [7, 11) is 0. The van der Waals surface area contributed by atoms with Crippen molar-refractivity contribution in [2.24, 2.45) is 11.6 Å². The van der Waals surface area contributed by atoms with Gasteiger partial charge in [0.05, 0.1) is 11.8 Å². The van der Waals surface area contributed by atoms with Crippen molar-refractivity contribution in [3.8, 4) is 5.75 Å². The molecule has 172 valence electrons. The lowest BCUT2D eigenvalue weighted by Gasteiger charge is -2.17. The van der Waals surface area contributed by atoms with Gasteiger partial charge in [-0.1, -0.05) is 19.4 Å². The Labute approximate surface area is 190 Å². The highest BCUT2D eigenvalue weighted by Crippen LogP contribution is 2.28. The largest absolute Gasteiger partial charge is 0.490 e. The molecule has 1 aliphatic carbocycles. The van der Waals surface area contributed by atoms with Crippen molar-refractivity contribution in [2.45, 2.75) is 64.9 Å². The predicted molar refractivity (Wildman–Crippen MR) is 132 cm³/mol. The molecule has 0 radical (unpaired) electrons. The smallest absolute Gasteiger partial charge is 0.323 e. The van der Waals surface area contributed by atoms with Gasteiger partial charge in [0, 0.05) is 29.3 Å². The van der Waals surface area contributed by atoms with Crippen LogP contribution in [-0.2, 0) is 0 Å². The highest BCUT2D eigenvalue weighted by Gasteiger charge is 2.17. The topological polar surface area (TPSA) is 106 Å². The maximum atomic E-state index is 12.5. The van der Waals surface area contributed by atoms with E-state index in [0.717, 1.165) is 60.5 Å². The van der Waals surface area contributed by atoms with Crippen LogP contribution in [0.25, 0.3) is 0 Å². The number of ether oxygens (including phenoxy) is 1. The van der Waals surface area contributed by atoms with Crippen LogP contribution in [0.4, 0.5) is 21.9 Å². The predicted octanol–water partition coefficient (Wildman–Crippen LogP) is 5.63. The number of hydrogen-bond acceptors (Lipinski definition) is 5. The highest BCUT2D eigenvalue weighted by atomic mass is 16.5. The number of anilines is 3. The van der Waals surface area contributed by atoms with Crippen LogP contribution in [0.5, 0.6) is 5.75 Å². The van der Waals surface area contributed by atoms with Crippen LogP contribution in [0.15, 0.2) is 54.4 Å². The summed E-state index contributed by atoms with van der Waals surface area (Å²) in [5.41, 5.74) is 9.89. The lowest BCUT2D eigenvalue weighted by molar-refractivity contribution is 0.210. The van der Waals surface area contributed by atoms with Gasteiger partial charge in [-0.15, -0.1) is 0 Å². The molecule has 0 aliphatic heterocycles. The first kappa shape index (κ1) is 23.5. The van der Waals surface area contributed by atoms with Crippen LogP contribution in [0.3, 0.4) is 0 Å². The van der Waals surface area contributed by atoms with Gasteiger partial charge in [0.25, 0.3) is 0 Å². The third-order valence-corrected chi connectivity index (χ3v) is 5.61. The van der Waals surface area contributed by atoms with E-state index in [-0.39, 0.29) is 12.1 Å². The average Bonchev–Trinajstić information content (AvgIpc) is 3.28. The molecule has 0 aromatic heterocycles. The zero-order chi connectivity index (χ0) is 22.9. The minimum atomic E-state index is -0.313. The number of nitrogens with zero attached hydrogens (tertiary/aromatic N) is 1. The molecular formula is C25H35N5O2. The fourth-order valence-corrected chi connectivity index (χ4v) is 3.71. The molecule has 0 spiro atoms. The van der Waals surface area contributed by atoms with E-state index in [1.807, 2.05) is 37.3 Å². The molecule has 1 fully saturated rings. The molecule has 6 N–H and O–H groups in total. The van der Waals surface area contributed by atoms with Crippen molar-refractivity contribution in [2.75, 3.05) is 15.6 Å². The van der Waals surface area contributed by atoms with E-state index in [9.17, 15) is 4.79 Å². The maximum Gasteiger partial charge on any atom is 0.323 e. The number of carbonyl (C=O) groups is 1. The molecule has 0 unspecified atom stereocenters. The third-order valence-electron chi connectivity index (χ3n) is 5.61. The molecule has 2 aromatic rings. The fraction of sp³-hybridized carbons (Fsp3) is 0.400. The molecule has 2 amide bonds. The number of benzene rings is 2. The maximum absolute atomic E-state index is 12.5. The van der Waals surface area contributed by atoms with E-state index in [1.165, 1.54) is 17.9 Å². The van der Waals surface area contributed by atoms with Crippen LogP contribution in [0, 0.1) is 6.92 Å². The van der Waals surface area contributed by atoms with E-state index in [4.69, 9.17) is 16.3 Å². The molecule has 0 saturated heterocycles. The van der Waals surface area contributed by atoms with Gasteiger partial charge in [-0.3, -0.25) is 5.01 Å².